The maximum atomic E-state index is 13.4. The smallest absolute Gasteiger partial charge is 0.243 e. The first kappa shape index (κ1) is 24.8. The van der Waals surface area contributed by atoms with Gasteiger partial charge in [-0.15, -0.1) is 0 Å². The summed E-state index contributed by atoms with van der Waals surface area (Å²) < 4.78 is 27.8. The third-order valence-electron chi connectivity index (χ3n) is 4.55. The molecule has 168 valence electrons. The maximum Gasteiger partial charge on any atom is 0.243 e. The van der Waals surface area contributed by atoms with Crippen LogP contribution in [0.25, 0.3) is 0 Å². The quantitative estimate of drug-likeness (QED) is 0.381. The molecule has 1 amide bonds. The van der Waals surface area contributed by atoms with Crippen molar-refractivity contribution in [2.45, 2.75) is 18.4 Å². The number of benzene rings is 3. The molecule has 0 aliphatic rings. The summed E-state index contributed by atoms with van der Waals surface area (Å²) in [5.41, 5.74) is 1.73. The highest BCUT2D eigenvalue weighted by molar-refractivity contribution is 7.89. The summed E-state index contributed by atoms with van der Waals surface area (Å²) in [6.45, 7) is 1.26. The highest BCUT2D eigenvalue weighted by Crippen LogP contribution is 2.27. The molecule has 10 heteroatoms. The third kappa shape index (κ3) is 6.16. The minimum absolute atomic E-state index is 0.0607. The predicted molar refractivity (Wildman–Crippen MR) is 130 cm³/mol. The number of carbonyl (C=O) groups excluding carboxylic acids is 1. The van der Waals surface area contributed by atoms with E-state index in [-0.39, 0.29) is 16.5 Å². The molecule has 3 aromatic rings. The highest BCUT2D eigenvalue weighted by atomic mass is 35.5. The Balaban J connectivity index is 1.92. The van der Waals surface area contributed by atoms with Crippen molar-refractivity contribution in [3.63, 3.8) is 0 Å². The Morgan fingerprint density at radius 1 is 0.875 bits per heavy atom. The fraction of sp³-hybridized carbons (Fsp3) is 0.136. The lowest BCUT2D eigenvalue weighted by atomic mass is 10.2. The molecule has 0 saturated heterocycles. The Kier molecular flexibility index (Phi) is 8.09. The van der Waals surface area contributed by atoms with Crippen molar-refractivity contribution in [1.82, 2.24) is 4.31 Å². The van der Waals surface area contributed by atoms with Crippen molar-refractivity contribution in [3.8, 4) is 0 Å². The van der Waals surface area contributed by atoms with E-state index in [0.717, 1.165) is 9.87 Å². The van der Waals surface area contributed by atoms with Gasteiger partial charge in [0.1, 0.15) is 0 Å². The van der Waals surface area contributed by atoms with Gasteiger partial charge in [0.2, 0.25) is 15.9 Å². The van der Waals surface area contributed by atoms with Crippen LogP contribution >= 0.6 is 46.4 Å². The Morgan fingerprint density at radius 3 is 2.06 bits per heavy atom. The van der Waals surface area contributed by atoms with E-state index >= 15 is 0 Å². The number of halogens is 4. The molecule has 0 radical (unpaired) electrons. The van der Waals surface area contributed by atoms with Crippen LogP contribution in [-0.4, -0.2) is 25.2 Å². The number of hydrogen-bond acceptors (Lipinski definition) is 3. The van der Waals surface area contributed by atoms with Crippen LogP contribution in [0.5, 0.6) is 0 Å². The van der Waals surface area contributed by atoms with Crippen LogP contribution in [0.3, 0.4) is 0 Å². The van der Waals surface area contributed by atoms with Gasteiger partial charge in [0.25, 0.3) is 0 Å². The molecule has 0 bridgehead atoms. The van der Waals surface area contributed by atoms with Gasteiger partial charge in [-0.2, -0.15) is 4.31 Å². The van der Waals surface area contributed by atoms with Crippen LogP contribution in [0.15, 0.2) is 65.6 Å². The van der Waals surface area contributed by atoms with Gasteiger partial charge in [0.05, 0.1) is 22.2 Å². The summed E-state index contributed by atoms with van der Waals surface area (Å²) in [4.78, 5) is 12.8. The second-order valence-electron chi connectivity index (χ2n) is 6.99. The van der Waals surface area contributed by atoms with Crippen LogP contribution in [0.4, 0.5) is 5.69 Å². The van der Waals surface area contributed by atoms with E-state index < -0.39 is 22.5 Å². The molecule has 3 aromatic carbocycles. The summed E-state index contributed by atoms with van der Waals surface area (Å²) in [6.07, 6.45) is 0. The van der Waals surface area contributed by atoms with Crippen molar-refractivity contribution in [1.29, 1.82) is 0 Å². The minimum Gasteiger partial charge on any atom is -0.324 e. The summed E-state index contributed by atoms with van der Waals surface area (Å²) >= 11 is 24.2. The number of anilines is 1. The molecular formula is C22H18Cl4N2O3S. The SMILES string of the molecule is Cc1ccc(S(=O)(=O)N(CC(=O)Nc2ccc(Cl)cc2Cl)Cc2ccc(Cl)cc2Cl)cc1. The van der Waals surface area contributed by atoms with Crippen molar-refractivity contribution in [2.75, 3.05) is 11.9 Å². The fourth-order valence-corrected chi connectivity index (χ4v) is 5.16. The largest absolute Gasteiger partial charge is 0.324 e. The van der Waals surface area contributed by atoms with Crippen LogP contribution in [0.2, 0.25) is 20.1 Å². The minimum atomic E-state index is -4.02. The lowest BCUT2D eigenvalue weighted by Crippen LogP contribution is -2.37. The van der Waals surface area contributed by atoms with Gasteiger partial charge in [-0.25, -0.2) is 8.42 Å². The summed E-state index contributed by atoms with van der Waals surface area (Å²) in [5, 5.41) is 3.98. The summed E-state index contributed by atoms with van der Waals surface area (Å²) in [5.74, 6) is -0.574. The number of hydrogen-bond donors (Lipinski definition) is 1. The molecular weight excluding hydrogens is 514 g/mol. The van der Waals surface area contributed by atoms with E-state index in [1.54, 1.807) is 30.3 Å². The lowest BCUT2D eigenvalue weighted by molar-refractivity contribution is -0.116. The summed E-state index contributed by atoms with van der Waals surface area (Å²) in [7, 11) is -4.02. The molecule has 0 aliphatic carbocycles. The van der Waals surface area contributed by atoms with Gasteiger partial charge in [-0.05, 0) is 55.0 Å². The standard InChI is InChI=1S/C22H18Cl4N2O3S/c1-14-2-7-18(8-3-14)32(30,31)28(12-15-4-5-16(23)10-19(15)25)13-22(29)27-21-9-6-17(24)11-20(21)26/h2-11H,12-13H2,1H3,(H,27,29). The Bertz CT molecular complexity index is 1250. The van der Waals surface area contributed by atoms with Crippen molar-refractivity contribution >= 4 is 68.0 Å². The Morgan fingerprint density at radius 2 is 1.47 bits per heavy atom. The van der Waals surface area contributed by atoms with E-state index in [0.29, 0.717) is 26.3 Å². The molecule has 0 unspecified atom stereocenters. The van der Waals surface area contributed by atoms with Crippen molar-refractivity contribution < 1.29 is 13.2 Å². The zero-order chi connectivity index (χ0) is 23.5. The van der Waals surface area contributed by atoms with Crippen LogP contribution in [0.1, 0.15) is 11.1 Å². The Hall–Kier alpha value is -1.80. The van der Waals surface area contributed by atoms with E-state index in [9.17, 15) is 13.2 Å². The first-order chi connectivity index (χ1) is 15.1. The molecule has 0 aromatic heterocycles. The molecule has 1 N–H and O–H groups in total. The average Bonchev–Trinajstić information content (AvgIpc) is 2.71. The third-order valence-corrected chi connectivity index (χ3v) is 7.49. The van der Waals surface area contributed by atoms with Gasteiger partial charge in [-0.1, -0.05) is 70.2 Å². The molecule has 3 rings (SSSR count). The first-order valence-electron chi connectivity index (χ1n) is 9.32. The van der Waals surface area contributed by atoms with Gasteiger partial charge in [-0.3, -0.25) is 4.79 Å². The predicted octanol–water partition coefficient (Wildman–Crippen LogP) is 6.44. The molecule has 5 nitrogen and oxygen atoms in total. The van der Waals surface area contributed by atoms with E-state index in [1.165, 1.54) is 30.3 Å². The normalized spacial score (nSPS) is 11.6. The van der Waals surface area contributed by atoms with Gasteiger partial charge in [0.15, 0.2) is 0 Å². The average molecular weight is 532 g/mol. The molecule has 0 atom stereocenters. The zero-order valence-corrected chi connectivity index (χ0v) is 20.6. The van der Waals surface area contributed by atoms with Gasteiger partial charge < -0.3 is 5.32 Å². The fourth-order valence-electron chi connectivity index (χ4n) is 2.87. The number of amides is 1. The zero-order valence-electron chi connectivity index (χ0n) is 16.8. The number of sulfonamides is 1. The van der Waals surface area contributed by atoms with Gasteiger partial charge in [0, 0.05) is 21.6 Å². The molecule has 0 fully saturated rings. The lowest BCUT2D eigenvalue weighted by Gasteiger charge is -2.23. The van der Waals surface area contributed by atoms with E-state index in [2.05, 4.69) is 5.32 Å². The first-order valence-corrected chi connectivity index (χ1v) is 12.3. The second-order valence-corrected chi connectivity index (χ2v) is 10.6. The maximum absolute atomic E-state index is 13.4. The monoisotopic (exact) mass is 530 g/mol. The van der Waals surface area contributed by atoms with E-state index in [4.69, 9.17) is 46.4 Å². The molecule has 0 saturated carbocycles. The number of rotatable bonds is 7. The number of nitrogens with one attached hydrogen (secondary N) is 1. The number of carbonyl (C=O) groups is 1. The second kappa shape index (κ2) is 10.4. The van der Waals surface area contributed by atoms with Crippen LogP contribution in [-0.2, 0) is 21.4 Å². The summed E-state index contributed by atoms with van der Waals surface area (Å²) in [6, 6.07) is 15.7. The van der Waals surface area contributed by atoms with E-state index in [1.807, 2.05) is 6.92 Å². The van der Waals surface area contributed by atoms with Crippen LogP contribution in [0, 0.1) is 6.92 Å². The van der Waals surface area contributed by atoms with Crippen molar-refractivity contribution in [2.24, 2.45) is 0 Å². The van der Waals surface area contributed by atoms with Gasteiger partial charge >= 0.3 is 0 Å². The van der Waals surface area contributed by atoms with Crippen LogP contribution < -0.4 is 5.32 Å². The number of aryl methyl sites for hydroxylation is 1. The highest BCUT2D eigenvalue weighted by Gasteiger charge is 2.28. The molecule has 0 spiro atoms. The molecule has 0 heterocycles. The molecule has 32 heavy (non-hydrogen) atoms. The molecule has 0 aliphatic heterocycles. The van der Waals surface area contributed by atoms with Crippen molar-refractivity contribution in [3.05, 3.63) is 91.9 Å². The topological polar surface area (TPSA) is 66.5 Å². The Labute approximate surface area is 206 Å². The number of nitrogens with zero attached hydrogens (tertiary/aromatic N) is 1.